The van der Waals surface area contributed by atoms with Crippen LogP contribution in [0.1, 0.15) is 15.4 Å². The lowest BCUT2D eigenvalue weighted by molar-refractivity contribution is 0.0952. The van der Waals surface area contributed by atoms with Gasteiger partial charge in [-0.15, -0.1) is 23.1 Å². The number of furan rings is 1. The van der Waals surface area contributed by atoms with Crippen LogP contribution in [-0.4, -0.2) is 23.2 Å². The van der Waals surface area contributed by atoms with Crippen molar-refractivity contribution in [3.05, 3.63) is 59.5 Å². The fourth-order valence-corrected chi connectivity index (χ4v) is 4.44. The average molecular weight is 357 g/mol. The van der Waals surface area contributed by atoms with Crippen LogP contribution >= 0.6 is 23.1 Å². The van der Waals surface area contributed by atoms with Crippen molar-refractivity contribution < 1.29 is 9.21 Å². The van der Waals surface area contributed by atoms with Crippen molar-refractivity contribution in [2.24, 2.45) is 0 Å². The maximum Gasteiger partial charge on any atom is 0.261 e. The van der Waals surface area contributed by atoms with E-state index in [1.165, 1.54) is 11.3 Å². The van der Waals surface area contributed by atoms with E-state index in [1.807, 2.05) is 36.5 Å². The van der Waals surface area contributed by atoms with Gasteiger partial charge in [-0.2, -0.15) is 0 Å². The highest BCUT2D eigenvalue weighted by Crippen LogP contribution is 2.39. The summed E-state index contributed by atoms with van der Waals surface area (Å²) in [6, 6.07) is 11.5. The number of pyridine rings is 1. The molecule has 0 aliphatic carbocycles. The van der Waals surface area contributed by atoms with Crippen molar-refractivity contribution in [3.63, 3.8) is 0 Å². The van der Waals surface area contributed by atoms with Gasteiger partial charge in [0.1, 0.15) is 10.8 Å². The molecule has 0 atom stereocenters. The molecule has 1 aliphatic heterocycles. The summed E-state index contributed by atoms with van der Waals surface area (Å²) in [5.41, 5.74) is 1.11. The quantitative estimate of drug-likeness (QED) is 0.767. The first kappa shape index (κ1) is 15.3. The first-order chi connectivity index (χ1) is 11.8. The molecule has 0 radical (unpaired) electrons. The summed E-state index contributed by atoms with van der Waals surface area (Å²) in [5, 5.41) is 4.98. The molecule has 3 aromatic rings. The Kier molecular flexibility index (Phi) is 4.27. The Labute approximate surface area is 147 Å². The van der Waals surface area contributed by atoms with Gasteiger partial charge in [-0.25, -0.2) is 4.98 Å². The SMILES string of the molecule is O=C(NCc1ccco1)c1ccc(N2CCSc3ncccc32)s1. The van der Waals surface area contributed by atoms with Gasteiger partial charge in [0.15, 0.2) is 0 Å². The molecule has 1 amide bonds. The van der Waals surface area contributed by atoms with Crippen molar-refractivity contribution >= 4 is 39.7 Å². The third kappa shape index (κ3) is 3.05. The molecule has 1 aliphatic rings. The van der Waals surface area contributed by atoms with Gasteiger partial charge in [0, 0.05) is 18.5 Å². The second kappa shape index (κ2) is 6.70. The maximum atomic E-state index is 12.3. The minimum atomic E-state index is -0.0829. The van der Waals surface area contributed by atoms with E-state index in [0.717, 1.165) is 33.8 Å². The number of amides is 1. The number of hydrogen-bond acceptors (Lipinski definition) is 6. The predicted octanol–water partition coefficient (Wildman–Crippen LogP) is 3.91. The zero-order valence-corrected chi connectivity index (χ0v) is 14.4. The number of carbonyl (C=O) groups excluding carboxylic acids is 1. The van der Waals surface area contributed by atoms with Crippen molar-refractivity contribution in [1.29, 1.82) is 0 Å². The number of hydrogen-bond donors (Lipinski definition) is 1. The summed E-state index contributed by atoms with van der Waals surface area (Å²) in [6.45, 7) is 1.31. The van der Waals surface area contributed by atoms with Crippen LogP contribution < -0.4 is 10.2 Å². The average Bonchev–Trinajstić information content (AvgIpc) is 3.31. The van der Waals surface area contributed by atoms with Crippen LogP contribution in [0.15, 0.2) is 58.3 Å². The maximum absolute atomic E-state index is 12.3. The van der Waals surface area contributed by atoms with Crippen molar-refractivity contribution in [1.82, 2.24) is 10.3 Å². The van der Waals surface area contributed by atoms with E-state index in [0.29, 0.717) is 11.4 Å². The van der Waals surface area contributed by atoms with E-state index < -0.39 is 0 Å². The van der Waals surface area contributed by atoms with Gasteiger partial charge < -0.3 is 14.6 Å². The van der Waals surface area contributed by atoms with Gasteiger partial charge in [0.05, 0.1) is 28.4 Å². The topological polar surface area (TPSA) is 58.4 Å². The molecular weight excluding hydrogens is 342 g/mol. The molecule has 5 nitrogen and oxygen atoms in total. The summed E-state index contributed by atoms with van der Waals surface area (Å²) in [6.07, 6.45) is 3.42. The van der Waals surface area contributed by atoms with Crippen molar-refractivity contribution in [3.8, 4) is 0 Å². The van der Waals surface area contributed by atoms with E-state index in [1.54, 1.807) is 18.0 Å². The molecule has 0 spiro atoms. The molecule has 24 heavy (non-hydrogen) atoms. The first-order valence-corrected chi connectivity index (χ1v) is 9.37. The fourth-order valence-electron chi connectivity index (χ4n) is 2.54. The summed E-state index contributed by atoms with van der Waals surface area (Å²) in [5.74, 6) is 1.65. The number of fused-ring (bicyclic) bond motifs is 1. The van der Waals surface area contributed by atoms with Crippen LogP contribution in [0.4, 0.5) is 10.7 Å². The monoisotopic (exact) mass is 357 g/mol. The normalized spacial score (nSPS) is 13.6. The Morgan fingerprint density at radius 3 is 3.12 bits per heavy atom. The van der Waals surface area contributed by atoms with Crippen LogP contribution in [0, 0.1) is 0 Å². The van der Waals surface area contributed by atoms with Crippen LogP contribution in [-0.2, 0) is 6.54 Å². The first-order valence-electron chi connectivity index (χ1n) is 7.57. The summed E-state index contributed by atoms with van der Waals surface area (Å²) in [7, 11) is 0. The second-order valence-electron chi connectivity index (χ2n) is 5.23. The highest BCUT2D eigenvalue weighted by molar-refractivity contribution is 7.99. The number of aromatic nitrogens is 1. The van der Waals surface area contributed by atoms with Gasteiger partial charge in [-0.3, -0.25) is 4.79 Å². The highest BCUT2D eigenvalue weighted by Gasteiger charge is 2.21. The van der Waals surface area contributed by atoms with Crippen LogP contribution in [0.3, 0.4) is 0 Å². The minimum absolute atomic E-state index is 0.0829. The Bertz CT molecular complexity index is 845. The van der Waals surface area contributed by atoms with Gasteiger partial charge >= 0.3 is 0 Å². The molecular formula is C17H15N3O2S2. The molecule has 0 fully saturated rings. The van der Waals surface area contributed by atoms with E-state index in [9.17, 15) is 4.79 Å². The number of thioether (sulfide) groups is 1. The molecule has 1 N–H and O–H groups in total. The molecule has 0 unspecified atom stereocenters. The molecule has 4 rings (SSSR count). The molecule has 4 heterocycles. The Morgan fingerprint density at radius 2 is 2.25 bits per heavy atom. The molecule has 7 heteroatoms. The van der Waals surface area contributed by atoms with Crippen molar-refractivity contribution in [2.75, 3.05) is 17.2 Å². The standard InChI is InChI=1S/C17H15N3O2S2/c21-16(19-11-12-3-2-9-22-12)14-5-6-15(24-14)20-8-10-23-17-13(20)4-1-7-18-17/h1-7,9H,8,10-11H2,(H,19,21). The lowest BCUT2D eigenvalue weighted by atomic mass is 10.3. The fraction of sp³-hybridized carbons (Fsp3) is 0.176. The van der Waals surface area contributed by atoms with E-state index in [2.05, 4.69) is 21.3 Å². The molecule has 0 bridgehead atoms. The number of thiophene rings is 1. The number of anilines is 2. The van der Waals surface area contributed by atoms with Gasteiger partial charge in [0.2, 0.25) is 0 Å². The zero-order valence-electron chi connectivity index (χ0n) is 12.8. The van der Waals surface area contributed by atoms with Gasteiger partial charge in [0.25, 0.3) is 5.91 Å². The molecule has 3 aromatic heterocycles. The van der Waals surface area contributed by atoms with Crippen LogP contribution in [0.25, 0.3) is 0 Å². The Morgan fingerprint density at radius 1 is 1.29 bits per heavy atom. The third-order valence-electron chi connectivity index (χ3n) is 3.68. The zero-order chi connectivity index (χ0) is 16.4. The third-order valence-corrected chi connectivity index (χ3v) is 5.76. The Balaban J connectivity index is 1.50. The van der Waals surface area contributed by atoms with Gasteiger partial charge in [-0.05, 0) is 36.4 Å². The number of carbonyl (C=O) groups is 1. The van der Waals surface area contributed by atoms with E-state index >= 15 is 0 Å². The smallest absolute Gasteiger partial charge is 0.261 e. The van der Waals surface area contributed by atoms with Crippen molar-refractivity contribution in [2.45, 2.75) is 11.6 Å². The van der Waals surface area contributed by atoms with E-state index in [4.69, 9.17) is 4.42 Å². The minimum Gasteiger partial charge on any atom is -0.467 e. The lowest BCUT2D eigenvalue weighted by Gasteiger charge is -2.28. The number of rotatable bonds is 4. The largest absolute Gasteiger partial charge is 0.467 e. The number of nitrogens with zero attached hydrogens (tertiary/aromatic N) is 2. The van der Waals surface area contributed by atoms with Gasteiger partial charge in [-0.1, -0.05) is 0 Å². The summed E-state index contributed by atoms with van der Waals surface area (Å²) >= 11 is 3.26. The molecule has 0 aromatic carbocycles. The molecule has 122 valence electrons. The lowest BCUT2D eigenvalue weighted by Crippen LogP contribution is -2.23. The summed E-state index contributed by atoms with van der Waals surface area (Å²) < 4.78 is 5.23. The Hall–Kier alpha value is -2.25. The highest BCUT2D eigenvalue weighted by atomic mass is 32.2. The summed E-state index contributed by atoms with van der Waals surface area (Å²) in [4.78, 5) is 19.7. The molecule has 0 saturated carbocycles. The second-order valence-corrected chi connectivity index (χ2v) is 7.37. The van der Waals surface area contributed by atoms with Crippen LogP contribution in [0.5, 0.6) is 0 Å². The molecule has 0 saturated heterocycles. The predicted molar refractivity (Wildman–Crippen MR) is 96.2 cm³/mol. The van der Waals surface area contributed by atoms with Crippen LogP contribution in [0.2, 0.25) is 0 Å². The number of nitrogens with one attached hydrogen (secondary N) is 1. The van der Waals surface area contributed by atoms with E-state index in [-0.39, 0.29) is 5.91 Å².